The van der Waals surface area contributed by atoms with Gasteiger partial charge < -0.3 is 9.47 Å². The van der Waals surface area contributed by atoms with Crippen LogP contribution >= 0.6 is 0 Å². The molecule has 2 aliphatic heterocycles. The van der Waals surface area contributed by atoms with E-state index in [4.69, 9.17) is 9.47 Å². The van der Waals surface area contributed by atoms with Gasteiger partial charge in [-0.3, -0.25) is 4.90 Å². The lowest BCUT2D eigenvalue weighted by molar-refractivity contribution is -0.156. The highest BCUT2D eigenvalue weighted by atomic mass is 32.2. The Morgan fingerprint density at radius 3 is 2.22 bits per heavy atom. The topological polar surface area (TPSA) is 93.2 Å². The molecular weight excluding hydrogens is 432 g/mol. The maximum absolute atomic E-state index is 13.8. The minimum absolute atomic E-state index is 0.0976. The van der Waals surface area contributed by atoms with Crippen LogP contribution in [0.2, 0.25) is 0 Å². The van der Waals surface area contributed by atoms with E-state index < -0.39 is 39.7 Å². The highest BCUT2D eigenvalue weighted by Gasteiger charge is 2.66. The first kappa shape index (κ1) is 22.1. The van der Waals surface area contributed by atoms with Gasteiger partial charge in [0.15, 0.2) is 0 Å². The number of carbonyl (C=O) groups is 2. The third-order valence-electron chi connectivity index (χ3n) is 6.56. The van der Waals surface area contributed by atoms with Crippen molar-refractivity contribution in [3.8, 4) is 0 Å². The summed E-state index contributed by atoms with van der Waals surface area (Å²) in [6.45, 7) is 3.63. The molecule has 0 aromatic heterocycles. The summed E-state index contributed by atoms with van der Waals surface area (Å²) in [5.41, 5.74) is -0.130. The maximum atomic E-state index is 13.8. The van der Waals surface area contributed by atoms with Crippen LogP contribution in [0.25, 0.3) is 0 Å². The number of hydrogen-bond donors (Lipinski definition) is 0. The Labute approximate surface area is 187 Å². The van der Waals surface area contributed by atoms with Crippen LogP contribution in [0.3, 0.4) is 0 Å². The van der Waals surface area contributed by atoms with Crippen LogP contribution in [0.15, 0.2) is 59.5 Å². The van der Waals surface area contributed by atoms with Crippen LogP contribution < -0.4 is 4.31 Å². The lowest BCUT2D eigenvalue weighted by atomic mass is 9.80. The number of nitrogens with zero attached hydrogens (tertiary/aromatic N) is 2. The Balaban J connectivity index is 1.99. The second-order valence-electron chi connectivity index (χ2n) is 8.31. The molecule has 0 N–H and O–H groups in total. The van der Waals surface area contributed by atoms with Crippen LogP contribution in [0.4, 0.5) is 10.5 Å². The van der Waals surface area contributed by atoms with Crippen molar-refractivity contribution in [1.29, 1.82) is 0 Å². The second kappa shape index (κ2) is 7.81. The largest absolute Gasteiger partial charge is 0.467 e. The average molecular weight is 459 g/mol. The molecule has 0 radical (unpaired) electrons. The molecule has 1 fully saturated rings. The molecule has 0 bridgehead atoms. The molecule has 0 spiro atoms. The van der Waals surface area contributed by atoms with Crippen molar-refractivity contribution in [1.82, 2.24) is 4.90 Å². The normalized spacial score (nSPS) is 24.3. The summed E-state index contributed by atoms with van der Waals surface area (Å²) in [7, 11) is -1.57. The molecule has 2 aromatic carbocycles. The Bertz CT molecular complexity index is 1150. The number of anilines is 1. The third-order valence-corrected chi connectivity index (χ3v) is 8.36. The van der Waals surface area contributed by atoms with Gasteiger partial charge in [-0.05, 0) is 36.1 Å². The summed E-state index contributed by atoms with van der Waals surface area (Å²) in [5, 5.41) is 0. The number of amides is 1. The van der Waals surface area contributed by atoms with E-state index in [2.05, 4.69) is 0 Å². The minimum Gasteiger partial charge on any atom is -0.467 e. The minimum atomic E-state index is -4.06. The van der Waals surface area contributed by atoms with E-state index in [0.717, 1.165) is 5.56 Å². The number of hydrogen-bond acceptors (Lipinski definition) is 6. The Morgan fingerprint density at radius 2 is 1.62 bits per heavy atom. The fourth-order valence-electron chi connectivity index (χ4n) is 5.09. The lowest BCUT2D eigenvalue weighted by Crippen LogP contribution is -2.62. The van der Waals surface area contributed by atoms with E-state index in [-0.39, 0.29) is 17.2 Å². The van der Waals surface area contributed by atoms with Gasteiger partial charge in [-0.1, -0.05) is 50.2 Å². The van der Waals surface area contributed by atoms with Gasteiger partial charge in [0.05, 0.1) is 24.8 Å². The van der Waals surface area contributed by atoms with Crippen LogP contribution in [-0.2, 0) is 24.3 Å². The Hall–Kier alpha value is -3.07. The van der Waals surface area contributed by atoms with Crippen LogP contribution in [0, 0.1) is 5.92 Å². The summed E-state index contributed by atoms with van der Waals surface area (Å²) in [4.78, 5) is 27.6. The molecule has 1 amide bonds. The number of esters is 1. The summed E-state index contributed by atoms with van der Waals surface area (Å²) in [6, 6.07) is 15.2. The molecule has 2 aromatic rings. The van der Waals surface area contributed by atoms with E-state index in [9.17, 15) is 18.0 Å². The highest BCUT2D eigenvalue weighted by molar-refractivity contribution is 7.92. The molecule has 4 rings (SSSR count). The van der Waals surface area contributed by atoms with E-state index in [0.29, 0.717) is 5.69 Å². The first-order valence-electron chi connectivity index (χ1n) is 10.4. The first-order valence-corrected chi connectivity index (χ1v) is 11.8. The zero-order valence-corrected chi connectivity index (χ0v) is 19.2. The van der Waals surface area contributed by atoms with Gasteiger partial charge in [-0.25, -0.2) is 22.3 Å². The van der Waals surface area contributed by atoms with E-state index >= 15 is 0 Å². The zero-order chi connectivity index (χ0) is 23.3. The Kier molecular flexibility index (Phi) is 5.40. The number of carbonyl (C=O) groups excluding carboxylic acids is 2. The number of para-hydroxylation sites is 1. The van der Waals surface area contributed by atoms with Gasteiger partial charge >= 0.3 is 12.1 Å². The number of ether oxygens (including phenoxy) is 2. The summed E-state index contributed by atoms with van der Waals surface area (Å²) >= 11 is 0. The molecule has 32 heavy (non-hydrogen) atoms. The molecule has 9 heteroatoms. The van der Waals surface area contributed by atoms with Gasteiger partial charge in [0.1, 0.15) is 11.7 Å². The molecular formula is C23H26N2O6S. The van der Waals surface area contributed by atoms with Crippen molar-refractivity contribution in [3.05, 3.63) is 60.2 Å². The summed E-state index contributed by atoms with van der Waals surface area (Å²) < 4.78 is 39.1. The van der Waals surface area contributed by atoms with Crippen molar-refractivity contribution < 1.29 is 27.5 Å². The van der Waals surface area contributed by atoms with Crippen molar-refractivity contribution in [2.75, 3.05) is 18.5 Å². The van der Waals surface area contributed by atoms with Gasteiger partial charge in [-0.2, -0.15) is 0 Å². The zero-order valence-electron chi connectivity index (χ0n) is 18.4. The SMILES string of the molecule is COC(=O)N1[C@@H]2[C@H](C[C@@]1(C(=O)OC)C(C)C)c1ccccc1N2S(=O)(=O)c1ccccc1. The van der Waals surface area contributed by atoms with Crippen molar-refractivity contribution in [3.63, 3.8) is 0 Å². The number of rotatable bonds is 4. The molecule has 8 nitrogen and oxygen atoms in total. The summed E-state index contributed by atoms with van der Waals surface area (Å²) in [6.07, 6.45) is -1.53. The number of fused-ring (bicyclic) bond motifs is 3. The Morgan fingerprint density at radius 1 is 1.00 bits per heavy atom. The van der Waals surface area contributed by atoms with E-state index in [1.54, 1.807) is 30.3 Å². The fraction of sp³-hybridized carbons (Fsp3) is 0.391. The number of methoxy groups -OCH3 is 2. The van der Waals surface area contributed by atoms with Crippen LogP contribution in [0.5, 0.6) is 0 Å². The second-order valence-corrected chi connectivity index (χ2v) is 10.1. The van der Waals surface area contributed by atoms with E-state index in [1.807, 2.05) is 26.0 Å². The summed E-state index contributed by atoms with van der Waals surface area (Å²) in [5.74, 6) is -1.37. The van der Waals surface area contributed by atoms with Crippen molar-refractivity contribution in [2.45, 2.75) is 42.8 Å². The molecule has 1 saturated heterocycles. The lowest BCUT2D eigenvalue weighted by Gasteiger charge is -2.42. The van der Waals surface area contributed by atoms with Crippen molar-refractivity contribution in [2.24, 2.45) is 5.92 Å². The highest BCUT2D eigenvalue weighted by Crippen LogP contribution is 2.57. The predicted molar refractivity (Wildman–Crippen MR) is 118 cm³/mol. The van der Waals surface area contributed by atoms with Gasteiger partial charge in [0.25, 0.3) is 10.0 Å². The van der Waals surface area contributed by atoms with Crippen LogP contribution in [-0.4, -0.2) is 51.3 Å². The standard InChI is InChI=1S/C23H26N2O6S/c1-15(2)23(21(26)30-3)14-18-17-12-8-9-13-19(17)25(20(18)24(23)22(27)31-4)32(28,29)16-10-6-5-7-11-16/h5-13,15,18,20H,14H2,1-4H3/t18-,20+,23+/m1/s1. The smallest absolute Gasteiger partial charge is 0.412 e. The maximum Gasteiger partial charge on any atom is 0.412 e. The predicted octanol–water partition coefficient (Wildman–Crippen LogP) is 3.35. The number of benzene rings is 2. The first-order chi connectivity index (χ1) is 15.2. The van der Waals surface area contributed by atoms with Gasteiger partial charge in [-0.15, -0.1) is 0 Å². The van der Waals surface area contributed by atoms with E-state index in [1.165, 1.54) is 35.6 Å². The number of likely N-dealkylation sites (tertiary alicyclic amines) is 1. The molecule has 0 saturated carbocycles. The molecule has 0 aliphatic carbocycles. The van der Waals surface area contributed by atoms with Gasteiger partial charge in [0.2, 0.25) is 0 Å². The van der Waals surface area contributed by atoms with Crippen LogP contribution in [0.1, 0.15) is 31.7 Å². The van der Waals surface area contributed by atoms with Crippen molar-refractivity contribution >= 4 is 27.8 Å². The molecule has 2 aliphatic rings. The molecule has 170 valence electrons. The average Bonchev–Trinajstić information content (AvgIpc) is 3.31. The fourth-order valence-corrected chi connectivity index (χ4v) is 6.77. The molecule has 2 heterocycles. The monoisotopic (exact) mass is 458 g/mol. The molecule has 0 unspecified atom stereocenters. The number of sulfonamides is 1. The quantitative estimate of drug-likeness (QED) is 0.653. The van der Waals surface area contributed by atoms with Gasteiger partial charge in [0, 0.05) is 5.92 Å². The third kappa shape index (κ3) is 2.91. The molecule has 3 atom stereocenters.